The van der Waals surface area contributed by atoms with Crippen LogP contribution in [0.2, 0.25) is 10.0 Å². The molecule has 0 fully saturated rings. The van der Waals surface area contributed by atoms with Crippen LogP contribution in [0.4, 0.5) is 5.69 Å². The second-order valence-electron chi connectivity index (χ2n) is 6.45. The first-order valence-corrected chi connectivity index (χ1v) is 10.2. The van der Waals surface area contributed by atoms with Crippen molar-refractivity contribution in [2.75, 3.05) is 19.0 Å². The summed E-state index contributed by atoms with van der Waals surface area (Å²) in [5.74, 6) is 0.833. The number of hydrazone groups is 1. The number of anilines is 1. The van der Waals surface area contributed by atoms with Crippen LogP contribution >= 0.6 is 23.2 Å². The van der Waals surface area contributed by atoms with Gasteiger partial charge in [0, 0.05) is 21.3 Å². The number of amides is 1. The molecule has 31 heavy (non-hydrogen) atoms. The normalized spacial score (nSPS) is 10.7. The van der Waals surface area contributed by atoms with Gasteiger partial charge in [-0.05, 0) is 48.0 Å². The van der Waals surface area contributed by atoms with E-state index in [-0.39, 0.29) is 19.1 Å². The lowest BCUT2D eigenvalue weighted by Crippen LogP contribution is -2.25. The zero-order chi connectivity index (χ0) is 22.1. The fourth-order valence-electron chi connectivity index (χ4n) is 2.63. The highest BCUT2D eigenvalue weighted by Gasteiger charge is 2.08. The number of carbonyl (C=O) groups excluding carboxylic acids is 1. The van der Waals surface area contributed by atoms with Crippen LogP contribution in [0.5, 0.6) is 11.5 Å². The predicted octanol–water partition coefficient (Wildman–Crippen LogP) is 5.14. The number of halogens is 2. The van der Waals surface area contributed by atoms with Crippen molar-refractivity contribution >= 4 is 41.0 Å². The van der Waals surface area contributed by atoms with Crippen molar-refractivity contribution < 1.29 is 14.3 Å². The number of methoxy groups -OCH3 is 1. The molecule has 3 rings (SSSR count). The monoisotopic (exact) mass is 457 g/mol. The molecule has 8 heteroatoms. The van der Waals surface area contributed by atoms with Crippen molar-refractivity contribution in [1.29, 1.82) is 0 Å². The molecule has 0 aliphatic rings. The van der Waals surface area contributed by atoms with Crippen LogP contribution in [0.15, 0.2) is 71.8 Å². The van der Waals surface area contributed by atoms with Gasteiger partial charge in [-0.2, -0.15) is 5.10 Å². The third-order valence-electron chi connectivity index (χ3n) is 4.22. The number of hydrogen-bond acceptors (Lipinski definition) is 5. The van der Waals surface area contributed by atoms with Crippen LogP contribution in [0.1, 0.15) is 11.1 Å². The third kappa shape index (κ3) is 6.91. The highest BCUT2D eigenvalue weighted by Crippen LogP contribution is 2.29. The van der Waals surface area contributed by atoms with E-state index in [0.717, 1.165) is 16.8 Å². The van der Waals surface area contributed by atoms with Crippen LogP contribution in [0.3, 0.4) is 0 Å². The number of rotatable bonds is 9. The van der Waals surface area contributed by atoms with Crippen molar-refractivity contribution in [1.82, 2.24) is 5.43 Å². The highest BCUT2D eigenvalue weighted by atomic mass is 35.5. The molecule has 1 amide bonds. The summed E-state index contributed by atoms with van der Waals surface area (Å²) in [6.07, 6.45) is 1.53. The van der Waals surface area contributed by atoms with Gasteiger partial charge in [-0.15, -0.1) is 0 Å². The van der Waals surface area contributed by atoms with Crippen molar-refractivity contribution in [3.8, 4) is 11.5 Å². The standard InChI is InChI=1S/C23H21Cl2N3O3/c1-30-22-11-16(13-27-28-23(29)14-26-19-5-3-2-4-6-19)7-10-21(22)31-15-17-8-9-18(24)12-20(17)25/h2-13,26H,14-15H2,1H3,(H,28,29)/b27-13-. The summed E-state index contributed by atoms with van der Waals surface area (Å²) in [4.78, 5) is 11.9. The number of hydrogen-bond donors (Lipinski definition) is 2. The summed E-state index contributed by atoms with van der Waals surface area (Å²) in [5.41, 5.74) is 4.90. The van der Waals surface area contributed by atoms with Crippen molar-refractivity contribution in [3.05, 3.63) is 87.9 Å². The van der Waals surface area contributed by atoms with E-state index in [2.05, 4.69) is 15.8 Å². The van der Waals surface area contributed by atoms with E-state index in [1.165, 1.54) is 6.21 Å². The number of ether oxygens (including phenoxy) is 2. The molecule has 0 saturated carbocycles. The Hall–Kier alpha value is -3.22. The smallest absolute Gasteiger partial charge is 0.259 e. The van der Waals surface area contributed by atoms with E-state index in [9.17, 15) is 4.79 Å². The van der Waals surface area contributed by atoms with E-state index in [0.29, 0.717) is 21.5 Å². The topological polar surface area (TPSA) is 72.0 Å². The summed E-state index contributed by atoms with van der Waals surface area (Å²) in [6.45, 7) is 0.384. The van der Waals surface area contributed by atoms with Gasteiger partial charge < -0.3 is 14.8 Å². The van der Waals surface area contributed by atoms with Crippen LogP contribution in [0, 0.1) is 0 Å². The van der Waals surface area contributed by atoms with Crippen LogP contribution < -0.4 is 20.2 Å². The zero-order valence-electron chi connectivity index (χ0n) is 16.8. The zero-order valence-corrected chi connectivity index (χ0v) is 18.3. The second kappa shape index (κ2) is 11.2. The van der Waals surface area contributed by atoms with E-state index in [1.54, 1.807) is 37.4 Å². The van der Waals surface area contributed by atoms with Crippen molar-refractivity contribution in [2.24, 2.45) is 5.10 Å². The SMILES string of the molecule is COc1cc(/C=N\NC(=O)CNc2ccccc2)ccc1OCc1ccc(Cl)cc1Cl. The molecule has 0 aliphatic carbocycles. The van der Waals surface area contributed by atoms with Gasteiger partial charge >= 0.3 is 0 Å². The maximum atomic E-state index is 11.9. The van der Waals surface area contributed by atoms with Gasteiger partial charge in [0.05, 0.1) is 19.9 Å². The molecule has 3 aromatic carbocycles. The van der Waals surface area contributed by atoms with Gasteiger partial charge in [0.15, 0.2) is 11.5 Å². The van der Waals surface area contributed by atoms with Gasteiger partial charge in [-0.25, -0.2) is 5.43 Å². The van der Waals surface area contributed by atoms with E-state index in [4.69, 9.17) is 32.7 Å². The van der Waals surface area contributed by atoms with Crippen molar-refractivity contribution in [2.45, 2.75) is 6.61 Å². The molecule has 0 unspecified atom stereocenters. The lowest BCUT2D eigenvalue weighted by atomic mass is 10.2. The summed E-state index contributed by atoms with van der Waals surface area (Å²) in [6, 6.07) is 20.0. The van der Waals surface area contributed by atoms with Gasteiger partial charge in [0.25, 0.3) is 5.91 Å². The number of benzene rings is 3. The second-order valence-corrected chi connectivity index (χ2v) is 7.29. The highest BCUT2D eigenvalue weighted by molar-refractivity contribution is 6.35. The molecule has 2 N–H and O–H groups in total. The first kappa shape index (κ1) is 22.5. The van der Waals surface area contributed by atoms with Gasteiger partial charge in [-0.3, -0.25) is 4.79 Å². The summed E-state index contributed by atoms with van der Waals surface area (Å²) in [5, 5.41) is 8.10. The molecule has 160 valence electrons. The minimum absolute atomic E-state index is 0.116. The van der Waals surface area contributed by atoms with Crippen LogP contribution in [0.25, 0.3) is 0 Å². The molecule has 6 nitrogen and oxygen atoms in total. The summed E-state index contributed by atoms with van der Waals surface area (Å²) >= 11 is 12.1. The fourth-order valence-corrected chi connectivity index (χ4v) is 3.10. The minimum Gasteiger partial charge on any atom is -0.493 e. The van der Waals surface area contributed by atoms with Crippen LogP contribution in [-0.2, 0) is 11.4 Å². The summed E-state index contributed by atoms with van der Waals surface area (Å²) in [7, 11) is 1.55. The molecule has 0 atom stereocenters. The van der Waals surface area contributed by atoms with E-state index >= 15 is 0 Å². The number of nitrogens with one attached hydrogen (secondary N) is 2. The average Bonchev–Trinajstić information content (AvgIpc) is 2.78. The predicted molar refractivity (Wildman–Crippen MR) is 124 cm³/mol. The van der Waals surface area contributed by atoms with E-state index in [1.807, 2.05) is 36.4 Å². The molecule has 0 aromatic heterocycles. The molecule has 0 aliphatic heterocycles. The Balaban J connectivity index is 1.54. The van der Waals surface area contributed by atoms with Crippen LogP contribution in [-0.4, -0.2) is 25.8 Å². The first-order chi connectivity index (χ1) is 15.0. The Labute approximate surface area is 190 Å². The molecular formula is C23H21Cl2N3O3. The van der Waals surface area contributed by atoms with Gasteiger partial charge in [0.2, 0.25) is 0 Å². The number of nitrogens with zero attached hydrogens (tertiary/aromatic N) is 1. The van der Waals surface area contributed by atoms with Crippen molar-refractivity contribution in [3.63, 3.8) is 0 Å². The maximum Gasteiger partial charge on any atom is 0.259 e. The molecule has 0 radical (unpaired) electrons. The quantitative estimate of drug-likeness (QED) is 0.344. The molecule has 0 saturated heterocycles. The summed E-state index contributed by atoms with van der Waals surface area (Å²) < 4.78 is 11.2. The molecule has 0 bridgehead atoms. The van der Waals surface area contributed by atoms with Gasteiger partial charge in [0.1, 0.15) is 6.61 Å². The lowest BCUT2D eigenvalue weighted by molar-refractivity contribution is -0.119. The number of carbonyl (C=O) groups is 1. The Morgan fingerprint density at radius 3 is 2.58 bits per heavy atom. The third-order valence-corrected chi connectivity index (χ3v) is 4.80. The molecule has 3 aromatic rings. The Bertz CT molecular complexity index is 1060. The van der Waals surface area contributed by atoms with Gasteiger partial charge in [-0.1, -0.05) is 47.5 Å². The maximum absolute atomic E-state index is 11.9. The Kier molecular flexibility index (Phi) is 8.15. The largest absolute Gasteiger partial charge is 0.493 e. The molecular weight excluding hydrogens is 437 g/mol. The molecule has 0 heterocycles. The average molecular weight is 458 g/mol. The lowest BCUT2D eigenvalue weighted by Gasteiger charge is -2.12. The Morgan fingerprint density at radius 1 is 1.03 bits per heavy atom. The van der Waals surface area contributed by atoms with E-state index < -0.39 is 0 Å². The number of para-hydroxylation sites is 1. The Morgan fingerprint density at radius 2 is 1.84 bits per heavy atom. The fraction of sp³-hybridized carbons (Fsp3) is 0.130. The first-order valence-electron chi connectivity index (χ1n) is 9.41. The molecule has 0 spiro atoms. The minimum atomic E-state index is -0.258.